The van der Waals surface area contributed by atoms with E-state index < -0.39 is 29.1 Å². The second kappa shape index (κ2) is 4.36. The highest BCUT2D eigenvalue weighted by Crippen LogP contribution is 2.31. The molecule has 1 radical (unpaired) electrons. The van der Waals surface area contributed by atoms with Crippen LogP contribution in [-0.2, 0) is 6.18 Å². The fraction of sp³-hybridized carbons (Fsp3) is 0.0833. The van der Waals surface area contributed by atoms with Gasteiger partial charge in [-0.2, -0.15) is 13.2 Å². The molecule has 0 aliphatic carbocycles. The Kier molecular flexibility index (Phi) is 3.02. The molecule has 1 aromatic carbocycles. The van der Waals surface area contributed by atoms with Gasteiger partial charge in [0.05, 0.1) is 5.56 Å². The van der Waals surface area contributed by atoms with Gasteiger partial charge in [-0.1, -0.05) is 6.07 Å². The van der Waals surface area contributed by atoms with Crippen molar-refractivity contribution in [3.8, 4) is 11.1 Å². The number of hydrogen-bond donors (Lipinski definition) is 0. The number of nitrogens with zero attached hydrogens (tertiary/aromatic N) is 1. The van der Waals surface area contributed by atoms with E-state index in [0.29, 0.717) is 0 Å². The van der Waals surface area contributed by atoms with Crippen molar-refractivity contribution in [2.24, 2.45) is 0 Å². The first-order valence-electron chi connectivity index (χ1n) is 4.79. The molecule has 0 aliphatic rings. The molecule has 6 heteroatoms. The Morgan fingerprint density at radius 1 is 1.00 bits per heavy atom. The van der Waals surface area contributed by atoms with Crippen LogP contribution in [0.5, 0.6) is 0 Å². The normalized spacial score (nSPS) is 11.6. The van der Waals surface area contributed by atoms with Gasteiger partial charge >= 0.3 is 6.18 Å². The van der Waals surface area contributed by atoms with Crippen molar-refractivity contribution in [2.45, 2.75) is 6.18 Å². The molecular formula is C12H5F5N. The molecule has 1 aromatic heterocycles. The van der Waals surface area contributed by atoms with Gasteiger partial charge in [-0.15, -0.1) is 0 Å². The first-order valence-corrected chi connectivity index (χ1v) is 4.79. The van der Waals surface area contributed by atoms with E-state index in [9.17, 15) is 22.0 Å². The summed E-state index contributed by atoms with van der Waals surface area (Å²) in [6.07, 6.45) is -3.88. The molecule has 93 valence electrons. The third-order valence-corrected chi connectivity index (χ3v) is 2.20. The van der Waals surface area contributed by atoms with Gasteiger partial charge in [0.2, 0.25) is 0 Å². The van der Waals surface area contributed by atoms with Gasteiger partial charge in [-0.05, 0) is 23.8 Å². The van der Waals surface area contributed by atoms with E-state index in [2.05, 4.69) is 4.98 Å². The van der Waals surface area contributed by atoms with Crippen molar-refractivity contribution in [2.75, 3.05) is 0 Å². The molecular weight excluding hydrogens is 253 g/mol. The quantitative estimate of drug-likeness (QED) is 0.708. The minimum absolute atomic E-state index is 0.326. The molecule has 0 saturated carbocycles. The van der Waals surface area contributed by atoms with Gasteiger partial charge in [-0.25, -0.2) is 8.78 Å². The summed E-state index contributed by atoms with van der Waals surface area (Å²) in [7, 11) is 0. The Labute approximate surface area is 98.9 Å². The number of benzene rings is 1. The predicted octanol–water partition coefficient (Wildman–Crippen LogP) is 3.85. The smallest absolute Gasteiger partial charge is 0.251 e. The number of rotatable bonds is 1. The van der Waals surface area contributed by atoms with Gasteiger partial charge in [0, 0.05) is 12.3 Å². The zero-order chi connectivity index (χ0) is 13.3. The van der Waals surface area contributed by atoms with Crippen LogP contribution in [0.4, 0.5) is 22.0 Å². The number of pyridine rings is 1. The fourth-order valence-corrected chi connectivity index (χ4v) is 1.43. The Balaban J connectivity index is 2.59. The van der Waals surface area contributed by atoms with Crippen molar-refractivity contribution in [1.29, 1.82) is 0 Å². The molecule has 0 atom stereocenters. The highest BCUT2D eigenvalue weighted by molar-refractivity contribution is 5.64. The summed E-state index contributed by atoms with van der Waals surface area (Å²) in [6, 6.07) is 5.97. The lowest BCUT2D eigenvalue weighted by molar-refractivity contribution is -0.141. The lowest BCUT2D eigenvalue weighted by atomic mass is 10.0. The second-order valence-corrected chi connectivity index (χ2v) is 3.43. The SMILES string of the molecule is Fc1cccc(F)c1-c1[c]c(C(F)(F)F)ncc1. The molecule has 1 nitrogen and oxygen atoms in total. The van der Waals surface area contributed by atoms with Crippen LogP contribution in [0.15, 0.2) is 30.5 Å². The van der Waals surface area contributed by atoms with E-state index in [1.54, 1.807) is 0 Å². The molecule has 2 aromatic rings. The lowest BCUT2D eigenvalue weighted by Crippen LogP contribution is -2.08. The molecule has 0 aliphatic heterocycles. The van der Waals surface area contributed by atoms with E-state index in [1.165, 1.54) is 0 Å². The Morgan fingerprint density at radius 2 is 1.61 bits per heavy atom. The van der Waals surface area contributed by atoms with Crippen LogP contribution in [-0.4, -0.2) is 4.98 Å². The maximum atomic E-state index is 13.4. The number of aromatic nitrogens is 1. The van der Waals surface area contributed by atoms with E-state index in [0.717, 1.165) is 30.5 Å². The Morgan fingerprint density at radius 3 is 2.17 bits per heavy atom. The average molecular weight is 258 g/mol. The van der Waals surface area contributed by atoms with Crippen LogP contribution in [0.25, 0.3) is 11.1 Å². The lowest BCUT2D eigenvalue weighted by Gasteiger charge is -2.08. The van der Waals surface area contributed by atoms with Crippen LogP contribution in [0, 0.1) is 17.7 Å². The summed E-state index contributed by atoms with van der Waals surface area (Å²) in [4.78, 5) is 3.07. The summed E-state index contributed by atoms with van der Waals surface area (Å²) in [6.45, 7) is 0. The summed E-state index contributed by atoms with van der Waals surface area (Å²) in [5.74, 6) is -1.91. The number of hydrogen-bond acceptors (Lipinski definition) is 1. The summed E-state index contributed by atoms with van der Waals surface area (Å²) in [5.41, 5.74) is -2.19. The Hall–Kier alpha value is -1.98. The number of alkyl halides is 3. The van der Waals surface area contributed by atoms with Gasteiger partial charge < -0.3 is 0 Å². The largest absolute Gasteiger partial charge is 0.433 e. The molecule has 0 unspecified atom stereocenters. The summed E-state index contributed by atoms with van der Waals surface area (Å²) < 4.78 is 64.0. The molecule has 0 N–H and O–H groups in total. The van der Waals surface area contributed by atoms with Gasteiger partial charge in [0.15, 0.2) is 5.69 Å². The molecule has 0 saturated heterocycles. The standard InChI is InChI=1S/C12H5F5N/c13-8-2-1-3-9(14)11(8)7-4-5-18-10(6-7)12(15,16)17/h1-5H. The number of halogens is 5. The molecule has 0 spiro atoms. The van der Waals surface area contributed by atoms with Crippen molar-refractivity contribution in [1.82, 2.24) is 4.98 Å². The minimum atomic E-state index is -4.71. The molecule has 0 amide bonds. The van der Waals surface area contributed by atoms with Crippen molar-refractivity contribution < 1.29 is 22.0 Å². The van der Waals surface area contributed by atoms with Crippen molar-refractivity contribution >= 4 is 0 Å². The zero-order valence-electron chi connectivity index (χ0n) is 8.72. The van der Waals surface area contributed by atoms with Crippen molar-refractivity contribution in [3.63, 3.8) is 0 Å². The first-order chi connectivity index (χ1) is 8.39. The van der Waals surface area contributed by atoms with Crippen LogP contribution in [0.2, 0.25) is 0 Å². The van der Waals surface area contributed by atoms with E-state index in [1.807, 2.05) is 6.07 Å². The van der Waals surface area contributed by atoms with E-state index in [4.69, 9.17) is 0 Å². The van der Waals surface area contributed by atoms with Crippen LogP contribution < -0.4 is 0 Å². The zero-order valence-corrected chi connectivity index (χ0v) is 8.72. The van der Waals surface area contributed by atoms with Crippen LogP contribution in [0.3, 0.4) is 0 Å². The molecule has 1 heterocycles. The fourth-order valence-electron chi connectivity index (χ4n) is 1.43. The van der Waals surface area contributed by atoms with Gasteiger partial charge in [0.25, 0.3) is 0 Å². The van der Waals surface area contributed by atoms with Crippen molar-refractivity contribution in [3.05, 3.63) is 53.9 Å². The van der Waals surface area contributed by atoms with Gasteiger partial charge in [0.1, 0.15) is 11.6 Å². The maximum absolute atomic E-state index is 13.4. The third kappa shape index (κ3) is 2.32. The topological polar surface area (TPSA) is 12.9 Å². The molecule has 0 bridgehead atoms. The Bertz CT molecular complexity index is 557. The van der Waals surface area contributed by atoms with E-state index >= 15 is 0 Å². The van der Waals surface area contributed by atoms with E-state index in [-0.39, 0.29) is 5.56 Å². The highest BCUT2D eigenvalue weighted by Gasteiger charge is 2.33. The molecule has 18 heavy (non-hydrogen) atoms. The molecule has 0 fully saturated rings. The predicted molar refractivity (Wildman–Crippen MR) is 53.4 cm³/mol. The summed E-state index contributed by atoms with van der Waals surface area (Å²) in [5, 5.41) is 0. The summed E-state index contributed by atoms with van der Waals surface area (Å²) >= 11 is 0. The maximum Gasteiger partial charge on any atom is 0.433 e. The highest BCUT2D eigenvalue weighted by atomic mass is 19.4. The first kappa shape index (κ1) is 12.5. The van der Waals surface area contributed by atoms with Crippen LogP contribution >= 0.6 is 0 Å². The monoisotopic (exact) mass is 258 g/mol. The minimum Gasteiger partial charge on any atom is -0.251 e. The second-order valence-electron chi connectivity index (χ2n) is 3.43. The average Bonchev–Trinajstić information content (AvgIpc) is 2.28. The van der Waals surface area contributed by atoms with Gasteiger partial charge in [-0.3, -0.25) is 4.98 Å². The van der Waals surface area contributed by atoms with Crippen LogP contribution in [0.1, 0.15) is 5.69 Å². The molecule has 2 rings (SSSR count). The third-order valence-electron chi connectivity index (χ3n) is 2.20.